The van der Waals surface area contributed by atoms with Gasteiger partial charge in [0.2, 0.25) is 5.88 Å². The summed E-state index contributed by atoms with van der Waals surface area (Å²) in [6, 6.07) is 16.3. The number of nitrogens with zero attached hydrogens (tertiary/aromatic N) is 3. The molecule has 1 heterocycles. The highest BCUT2D eigenvalue weighted by Crippen LogP contribution is 2.38. The van der Waals surface area contributed by atoms with Crippen molar-refractivity contribution in [1.29, 1.82) is 0 Å². The molecule has 1 aromatic heterocycles. The van der Waals surface area contributed by atoms with Gasteiger partial charge in [-0.05, 0) is 24.6 Å². The van der Waals surface area contributed by atoms with Gasteiger partial charge in [-0.2, -0.15) is 0 Å². The lowest BCUT2D eigenvalue weighted by Crippen LogP contribution is -2.25. The first-order chi connectivity index (χ1) is 14.1. The van der Waals surface area contributed by atoms with Crippen molar-refractivity contribution < 1.29 is 14.7 Å². The first-order valence-electron chi connectivity index (χ1n) is 9.69. The van der Waals surface area contributed by atoms with E-state index in [-0.39, 0.29) is 24.8 Å². The maximum Gasteiger partial charge on any atom is 0.266 e. The molecule has 7 nitrogen and oxygen atoms in total. The predicted molar refractivity (Wildman–Crippen MR) is 111 cm³/mol. The molecule has 7 heteroatoms. The van der Waals surface area contributed by atoms with E-state index >= 15 is 0 Å². The average molecular weight is 392 g/mol. The molecule has 0 radical (unpaired) electrons. The summed E-state index contributed by atoms with van der Waals surface area (Å²) in [5, 5.41) is 21.7. The highest BCUT2D eigenvalue weighted by atomic mass is 16.3. The van der Waals surface area contributed by atoms with E-state index in [9.17, 15) is 14.7 Å². The topological polar surface area (TPSA) is 96.0 Å². The summed E-state index contributed by atoms with van der Waals surface area (Å²) in [7, 11) is 0. The fraction of sp³-hybridized carbons (Fsp3) is 0.273. The Labute approximate surface area is 169 Å². The van der Waals surface area contributed by atoms with Gasteiger partial charge in [0, 0.05) is 30.5 Å². The zero-order valence-corrected chi connectivity index (χ0v) is 16.3. The van der Waals surface area contributed by atoms with Crippen molar-refractivity contribution in [3.8, 4) is 5.88 Å². The van der Waals surface area contributed by atoms with Crippen LogP contribution in [0.1, 0.15) is 36.5 Å². The number of hydrogen-bond acceptors (Lipinski definition) is 4. The molecule has 0 saturated heterocycles. The summed E-state index contributed by atoms with van der Waals surface area (Å²) < 4.78 is 1.79. The van der Waals surface area contributed by atoms with Crippen LogP contribution < -0.4 is 5.32 Å². The second-order valence-electron chi connectivity index (χ2n) is 6.66. The Morgan fingerprint density at radius 2 is 1.79 bits per heavy atom. The molecule has 0 unspecified atom stereocenters. The Hall–Kier alpha value is -3.48. The van der Waals surface area contributed by atoms with Crippen molar-refractivity contribution in [3.05, 3.63) is 60.2 Å². The quantitative estimate of drug-likeness (QED) is 0.549. The van der Waals surface area contributed by atoms with E-state index in [0.29, 0.717) is 17.8 Å². The summed E-state index contributed by atoms with van der Waals surface area (Å²) in [6.45, 7) is 2.91. The van der Waals surface area contributed by atoms with E-state index < -0.39 is 5.91 Å². The second kappa shape index (κ2) is 9.64. The summed E-state index contributed by atoms with van der Waals surface area (Å²) in [4.78, 5) is 24.0. The zero-order valence-electron chi connectivity index (χ0n) is 16.3. The van der Waals surface area contributed by atoms with Crippen molar-refractivity contribution in [1.82, 2.24) is 9.88 Å². The first-order valence-corrected chi connectivity index (χ1v) is 9.69. The van der Waals surface area contributed by atoms with Gasteiger partial charge in [0.25, 0.3) is 11.8 Å². The molecule has 0 fully saturated rings. The first kappa shape index (κ1) is 20.3. The minimum absolute atomic E-state index is 0.00794. The molecule has 3 aromatic rings. The number of benzene rings is 2. The molecule has 0 aliphatic heterocycles. The van der Waals surface area contributed by atoms with Crippen LogP contribution in [0.25, 0.3) is 10.9 Å². The molecular weight excluding hydrogens is 368 g/mol. The number of para-hydroxylation sites is 1. The van der Waals surface area contributed by atoms with Gasteiger partial charge in [0.05, 0.1) is 5.52 Å². The second-order valence-corrected chi connectivity index (χ2v) is 6.66. The highest BCUT2D eigenvalue weighted by Gasteiger charge is 2.16. The molecule has 0 bridgehead atoms. The fourth-order valence-electron chi connectivity index (χ4n) is 3.04. The fourth-order valence-corrected chi connectivity index (χ4v) is 3.04. The van der Waals surface area contributed by atoms with E-state index in [2.05, 4.69) is 22.5 Å². The maximum absolute atomic E-state index is 12.1. The van der Waals surface area contributed by atoms with E-state index in [1.807, 2.05) is 30.3 Å². The summed E-state index contributed by atoms with van der Waals surface area (Å²) in [5.74, 6) is -0.705. The van der Waals surface area contributed by atoms with Gasteiger partial charge in [0.15, 0.2) is 5.69 Å². The number of aromatic nitrogens is 1. The number of amides is 2. The Morgan fingerprint density at radius 3 is 2.55 bits per heavy atom. The van der Waals surface area contributed by atoms with Crippen molar-refractivity contribution in [2.45, 2.75) is 32.7 Å². The lowest BCUT2D eigenvalue weighted by atomic mass is 10.2. The van der Waals surface area contributed by atoms with Gasteiger partial charge in [-0.25, -0.2) is 0 Å². The highest BCUT2D eigenvalue weighted by molar-refractivity contribution is 5.95. The smallest absolute Gasteiger partial charge is 0.266 e. The number of aryl methyl sites for hydroxylation is 1. The third kappa shape index (κ3) is 4.87. The van der Waals surface area contributed by atoms with Crippen LogP contribution in [0.5, 0.6) is 5.88 Å². The molecular formula is C22H24N4O3. The molecule has 29 heavy (non-hydrogen) atoms. The molecule has 0 aliphatic rings. The van der Waals surface area contributed by atoms with E-state index in [0.717, 1.165) is 23.7 Å². The standard InChI is InChI=1S/C22H24N4O3/c1-2-3-15-26-18-12-8-7-11-17(18)20(22(26)29)25-24-19(27)13-14-23-21(28)16-9-5-4-6-10-16/h4-12,29H,2-3,13-15H2,1H3,(H,23,28). The van der Waals surface area contributed by atoms with Gasteiger partial charge in [-0.15, -0.1) is 10.2 Å². The summed E-state index contributed by atoms with van der Waals surface area (Å²) in [6.07, 6.45) is 1.94. The minimum atomic E-state index is -0.469. The van der Waals surface area contributed by atoms with Crippen LogP contribution in [0.2, 0.25) is 0 Å². The molecule has 2 aromatic carbocycles. The van der Waals surface area contributed by atoms with Crippen molar-refractivity contribution in [3.63, 3.8) is 0 Å². The van der Waals surface area contributed by atoms with Crippen molar-refractivity contribution in [2.75, 3.05) is 6.54 Å². The van der Waals surface area contributed by atoms with Crippen LogP contribution in [0.3, 0.4) is 0 Å². The van der Waals surface area contributed by atoms with Gasteiger partial charge in [-0.3, -0.25) is 9.59 Å². The molecule has 150 valence electrons. The number of nitrogens with one attached hydrogen (secondary N) is 1. The maximum atomic E-state index is 12.1. The Bertz CT molecular complexity index is 1030. The van der Waals surface area contributed by atoms with Crippen molar-refractivity contribution in [2.24, 2.45) is 10.2 Å². The SMILES string of the molecule is CCCCn1c(O)c(N=NC(=O)CCNC(=O)c2ccccc2)c2ccccc21. The van der Waals surface area contributed by atoms with Crippen LogP contribution in [0, 0.1) is 0 Å². The van der Waals surface area contributed by atoms with Gasteiger partial charge >= 0.3 is 0 Å². The third-order valence-corrected chi connectivity index (χ3v) is 4.57. The van der Waals surface area contributed by atoms with Gasteiger partial charge in [-0.1, -0.05) is 49.7 Å². The molecule has 0 saturated carbocycles. The molecule has 0 aliphatic carbocycles. The summed E-state index contributed by atoms with van der Waals surface area (Å²) in [5.41, 5.74) is 1.68. The van der Waals surface area contributed by atoms with Gasteiger partial charge in [0.1, 0.15) is 0 Å². The lowest BCUT2D eigenvalue weighted by molar-refractivity contribution is -0.118. The number of hydrogen-bond donors (Lipinski definition) is 2. The van der Waals surface area contributed by atoms with E-state index in [1.54, 1.807) is 28.8 Å². The number of unbranched alkanes of at least 4 members (excludes halogenated alkanes) is 1. The number of carbonyl (C=O) groups excluding carboxylic acids is 2. The van der Waals surface area contributed by atoms with E-state index in [1.165, 1.54) is 0 Å². The Morgan fingerprint density at radius 1 is 1.07 bits per heavy atom. The number of aromatic hydroxyl groups is 1. The monoisotopic (exact) mass is 392 g/mol. The lowest BCUT2D eigenvalue weighted by Gasteiger charge is -2.05. The third-order valence-electron chi connectivity index (χ3n) is 4.57. The van der Waals surface area contributed by atoms with Crippen LogP contribution in [-0.4, -0.2) is 28.0 Å². The number of azo groups is 1. The number of rotatable bonds is 8. The minimum Gasteiger partial charge on any atom is -0.493 e. The number of carbonyl (C=O) groups is 2. The molecule has 2 N–H and O–H groups in total. The van der Waals surface area contributed by atoms with Crippen LogP contribution >= 0.6 is 0 Å². The Kier molecular flexibility index (Phi) is 6.73. The zero-order chi connectivity index (χ0) is 20.6. The number of fused-ring (bicyclic) bond motifs is 1. The van der Waals surface area contributed by atoms with Crippen molar-refractivity contribution >= 4 is 28.4 Å². The Balaban J connectivity index is 1.65. The predicted octanol–water partition coefficient (Wildman–Crippen LogP) is 4.58. The van der Waals surface area contributed by atoms with E-state index in [4.69, 9.17) is 0 Å². The van der Waals surface area contributed by atoms with Crippen LogP contribution in [0.4, 0.5) is 5.69 Å². The summed E-state index contributed by atoms with van der Waals surface area (Å²) >= 11 is 0. The largest absolute Gasteiger partial charge is 0.493 e. The normalized spacial score (nSPS) is 11.2. The van der Waals surface area contributed by atoms with Gasteiger partial charge < -0.3 is 15.0 Å². The van der Waals surface area contributed by atoms with Crippen LogP contribution in [-0.2, 0) is 11.3 Å². The van der Waals surface area contributed by atoms with Crippen LogP contribution in [0.15, 0.2) is 64.8 Å². The molecule has 0 atom stereocenters. The molecule has 2 amide bonds. The molecule has 0 spiro atoms. The molecule has 3 rings (SSSR count). The average Bonchev–Trinajstić information content (AvgIpc) is 3.02.